The molecule has 1 fully saturated rings. The van der Waals surface area contributed by atoms with E-state index in [-0.39, 0.29) is 34.0 Å². The number of benzene rings is 1. The molecule has 0 aromatic heterocycles. The molecule has 2 rings (SSSR count). The van der Waals surface area contributed by atoms with Crippen LogP contribution in [0.25, 0.3) is 0 Å². The Morgan fingerprint density at radius 2 is 2.08 bits per heavy atom. The minimum absolute atomic E-state index is 0.00000480. The number of rotatable bonds is 6. The van der Waals surface area contributed by atoms with Crippen LogP contribution in [0.4, 0.5) is 10.1 Å². The number of nitrogens with two attached hydrogens (primary N) is 1. The van der Waals surface area contributed by atoms with E-state index in [2.05, 4.69) is 12.2 Å². The van der Waals surface area contributed by atoms with Crippen molar-refractivity contribution in [2.75, 3.05) is 30.7 Å². The average Bonchev–Trinajstić information content (AvgIpc) is 2.97. The summed E-state index contributed by atoms with van der Waals surface area (Å²) in [5.41, 5.74) is 6.31. The van der Waals surface area contributed by atoms with Crippen molar-refractivity contribution >= 4 is 29.3 Å². The molecule has 5 nitrogen and oxygen atoms in total. The summed E-state index contributed by atoms with van der Waals surface area (Å²) >= 11 is 1.30. The Kier molecular flexibility index (Phi) is 6.23. The Bertz CT molecular complexity index is 596. The van der Waals surface area contributed by atoms with Crippen LogP contribution in [0.5, 0.6) is 0 Å². The highest BCUT2D eigenvalue weighted by Crippen LogP contribution is 2.30. The summed E-state index contributed by atoms with van der Waals surface area (Å²) in [5.74, 6) is -0.338. The van der Waals surface area contributed by atoms with Crippen molar-refractivity contribution in [3.05, 3.63) is 30.1 Å². The first-order valence-corrected chi connectivity index (χ1v) is 9.04. The first kappa shape index (κ1) is 18.7. The molecule has 1 aromatic carbocycles. The second kappa shape index (κ2) is 7.98. The molecule has 0 spiro atoms. The number of nitrogens with one attached hydrogen (secondary N) is 1. The maximum atomic E-state index is 12.8. The van der Waals surface area contributed by atoms with Crippen LogP contribution in [-0.2, 0) is 9.59 Å². The van der Waals surface area contributed by atoms with Crippen molar-refractivity contribution in [3.8, 4) is 0 Å². The largest absolute Gasteiger partial charge is 0.341 e. The van der Waals surface area contributed by atoms with Crippen molar-refractivity contribution in [1.29, 1.82) is 0 Å². The summed E-state index contributed by atoms with van der Waals surface area (Å²) in [4.78, 5) is 26.2. The standard InChI is InChI=1S/C17H24FN3O2S/c1-12(16(23)21-8-7-17(2,10-19)11-21)24-9-15(22)20-14-5-3-13(18)4-6-14/h3-6,12H,7-11,19H2,1-2H3,(H,20,22). The summed E-state index contributed by atoms with van der Waals surface area (Å²) in [6.07, 6.45) is 0.914. The predicted molar refractivity (Wildman–Crippen MR) is 95.3 cm³/mol. The van der Waals surface area contributed by atoms with Crippen LogP contribution in [0.15, 0.2) is 24.3 Å². The Balaban J connectivity index is 1.78. The number of thioether (sulfide) groups is 1. The smallest absolute Gasteiger partial charge is 0.235 e. The number of anilines is 1. The number of hydrogen-bond donors (Lipinski definition) is 2. The van der Waals surface area contributed by atoms with Gasteiger partial charge in [0, 0.05) is 18.8 Å². The lowest BCUT2D eigenvalue weighted by Crippen LogP contribution is -2.38. The molecule has 0 aliphatic carbocycles. The summed E-state index contributed by atoms with van der Waals surface area (Å²) in [5, 5.41) is 2.40. The lowest BCUT2D eigenvalue weighted by atomic mass is 9.90. The first-order chi connectivity index (χ1) is 11.3. The van der Waals surface area contributed by atoms with Gasteiger partial charge in [-0.2, -0.15) is 0 Å². The zero-order chi connectivity index (χ0) is 17.7. The molecule has 3 N–H and O–H groups in total. The van der Waals surface area contributed by atoms with Gasteiger partial charge in [0.2, 0.25) is 11.8 Å². The van der Waals surface area contributed by atoms with Crippen LogP contribution >= 0.6 is 11.8 Å². The number of hydrogen-bond acceptors (Lipinski definition) is 4. The monoisotopic (exact) mass is 353 g/mol. The lowest BCUT2D eigenvalue weighted by molar-refractivity contribution is -0.129. The van der Waals surface area contributed by atoms with E-state index in [1.54, 1.807) is 0 Å². The highest BCUT2D eigenvalue weighted by molar-refractivity contribution is 8.01. The Labute approximate surface area is 146 Å². The number of likely N-dealkylation sites (tertiary alicyclic amines) is 1. The quantitative estimate of drug-likeness (QED) is 0.821. The highest BCUT2D eigenvalue weighted by Gasteiger charge is 2.36. The van der Waals surface area contributed by atoms with Crippen molar-refractivity contribution in [2.45, 2.75) is 25.5 Å². The molecule has 24 heavy (non-hydrogen) atoms. The molecule has 2 amide bonds. The molecule has 0 bridgehead atoms. The van der Waals surface area contributed by atoms with Gasteiger partial charge in [-0.25, -0.2) is 4.39 Å². The predicted octanol–water partition coefficient (Wildman–Crippen LogP) is 2.08. The molecular formula is C17H24FN3O2S. The highest BCUT2D eigenvalue weighted by atomic mass is 32.2. The van der Waals surface area contributed by atoms with Crippen LogP contribution in [0.1, 0.15) is 20.3 Å². The number of carbonyl (C=O) groups is 2. The third kappa shape index (κ3) is 4.95. The van der Waals surface area contributed by atoms with Gasteiger partial charge in [-0.05, 0) is 49.6 Å². The molecule has 2 atom stereocenters. The first-order valence-electron chi connectivity index (χ1n) is 7.99. The molecule has 1 heterocycles. The fourth-order valence-electron chi connectivity index (χ4n) is 2.64. The van der Waals surface area contributed by atoms with E-state index in [0.717, 1.165) is 13.0 Å². The second-order valence-corrected chi connectivity index (χ2v) is 7.86. The number of halogens is 1. The van der Waals surface area contributed by atoms with E-state index in [1.807, 2.05) is 11.8 Å². The molecule has 1 aromatic rings. The molecule has 1 aliphatic rings. The van der Waals surface area contributed by atoms with Crippen molar-refractivity contribution < 1.29 is 14.0 Å². The average molecular weight is 353 g/mol. The number of carbonyl (C=O) groups excluding carboxylic acids is 2. The minimum atomic E-state index is -0.350. The zero-order valence-corrected chi connectivity index (χ0v) is 14.9. The van der Waals surface area contributed by atoms with E-state index < -0.39 is 0 Å². The second-order valence-electron chi connectivity index (χ2n) is 6.53. The third-order valence-corrected chi connectivity index (χ3v) is 5.43. The summed E-state index contributed by atoms with van der Waals surface area (Å²) < 4.78 is 12.8. The number of amides is 2. The molecule has 1 aliphatic heterocycles. The van der Waals surface area contributed by atoms with Gasteiger partial charge in [0.05, 0.1) is 11.0 Å². The van der Waals surface area contributed by atoms with Crippen molar-refractivity contribution in [1.82, 2.24) is 4.90 Å². The van der Waals surface area contributed by atoms with E-state index in [1.165, 1.54) is 36.0 Å². The van der Waals surface area contributed by atoms with Crippen molar-refractivity contribution in [3.63, 3.8) is 0 Å². The molecule has 2 unspecified atom stereocenters. The molecule has 0 saturated carbocycles. The maximum absolute atomic E-state index is 12.8. The van der Waals surface area contributed by atoms with Crippen LogP contribution in [0.3, 0.4) is 0 Å². The van der Waals surface area contributed by atoms with Gasteiger partial charge in [-0.1, -0.05) is 6.92 Å². The van der Waals surface area contributed by atoms with Gasteiger partial charge >= 0.3 is 0 Å². The van der Waals surface area contributed by atoms with Crippen LogP contribution in [-0.4, -0.2) is 47.4 Å². The Morgan fingerprint density at radius 3 is 2.67 bits per heavy atom. The van der Waals surface area contributed by atoms with Gasteiger partial charge in [-0.15, -0.1) is 11.8 Å². The minimum Gasteiger partial charge on any atom is -0.341 e. The molecule has 1 saturated heterocycles. The normalized spacial score (nSPS) is 21.6. The Morgan fingerprint density at radius 1 is 1.42 bits per heavy atom. The SMILES string of the molecule is CC(SCC(=O)Nc1ccc(F)cc1)C(=O)N1CCC(C)(CN)C1. The van der Waals surface area contributed by atoms with Crippen molar-refractivity contribution in [2.24, 2.45) is 11.1 Å². The van der Waals surface area contributed by atoms with E-state index >= 15 is 0 Å². The van der Waals surface area contributed by atoms with Gasteiger partial charge in [-0.3, -0.25) is 9.59 Å². The van der Waals surface area contributed by atoms with Crippen LogP contribution in [0, 0.1) is 11.2 Å². The van der Waals surface area contributed by atoms with Gasteiger partial charge in [0.25, 0.3) is 0 Å². The summed E-state index contributed by atoms with van der Waals surface area (Å²) in [6, 6.07) is 5.59. The molecule has 0 radical (unpaired) electrons. The molecular weight excluding hydrogens is 329 g/mol. The fraction of sp³-hybridized carbons (Fsp3) is 0.529. The van der Waals surface area contributed by atoms with Gasteiger partial charge < -0.3 is 16.0 Å². The Hall–Kier alpha value is -1.60. The van der Waals surface area contributed by atoms with Crippen LogP contribution < -0.4 is 11.1 Å². The topological polar surface area (TPSA) is 75.4 Å². The van der Waals surface area contributed by atoms with Gasteiger partial charge in [0.15, 0.2) is 0 Å². The lowest BCUT2D eigenvalue weighted by Gasteiger charge is -2.24. The zero-order valence-electron chi connectivity index (χ0n) is 14.0. The number of nitrogens with zero attached hydrogens (tertiary/aromatic N) is 1. The van der Waals surface area contributed by atoms with Gasteiger partial charge in [0.1, 0.15) is 5.82 Å². The fourth-order valence-corrected chi connectivity index (χ4v) is 3.40. The third-order valence-electron chi connectivity index (χ3n) is 4.30. The van der Waals surface area contributed by atoms with E-state index in [0.29, 0.717) is 18.8 Å². The summed E-state index contributed by atoms with van der Waals surface area (Å²) in [7, 11) is 0. The molecule has 132 valence electrons. The maximum Gasteiger partial charge on any atom is 0.235 e. The van der Waals surface area contributed by atoms with Crippen LogP contribution in [0.2, 0.25) is 0 Å². The van der Waals surface area contributed by atoms with E-state index in [4.69, 9.17) is 5.73 Å². The molecule has 7 heteroatoms. The summed E-state index contributed by atoms with van der Waals surface area (Å²) in [6.45, 7) is 5.87. The van der Waals surface area contributed by atoms with E-state index in [9.17, 15) is 14.0 Å².